The van der Waals surface area contributed by atoms with E-state index in [4.69, 9.17) is 16.2 Å². The molecule has 15 amide bonds. The van der Waals surface area contributed by atoms with Crippen molar-refractivity contribution in [1.29, 1.82) is 0 Å². The molecule has 135 heavy (non-hydrogen) atoms. The number of carbonyl (C=O) groups is 18. The van der Waals surface area contributed by atoms with Crippen molar-refractivity contribution >= 4 is 106 Å². The summed E-state index contributed by atoms with van der Waals surface area (Å²) in [7, 11) is 1.47. The summed E-state index contributed by atoms with van der Waals surface area (Å²) >= 11 is 0. The molecule has 6 saturated carbocycles. The van der Waals surface area contributed by atoms with Gasteiger partial charge >= 0.3 is 18.1 Å². The molecule has 3 heterocycles. The van der Waals surface area contributed by atoms with Gasteiger partial charge in [0.05, 0.1) is 48.9 Å². The van der Waals surface area contributed by atoms with Gasteiger partial charge in [-0.15, -0.1) is 6.58 Å². The zero-order valence-corrected chi connectivity index (χ0v) is 83.2. The van der Waals surface area contributed by atoms with Crippen LogP contribution in [0.5, 0.6) is 5.75 Å². The molecule has 34 nitrogen and oxygen atoms in total. The molecular weight excluding hydrogens is 1730 g/mol. The van der Waals surface area contributed by atoms with Crippen molar-refractivity contribution in [2.24, 2.45) is 109 Å². The number of likely N-dealkylation sites (tertiary alicyclic amines) is 3. The van der Waals surface area contributed by atoms with E-state index in [1.165, 1.54) is 34.8 Å². The lowest BCUT2D eigenvalue weighted by molar-refractivity contribution is -0.145. The van der Waals surface area contributed by atoms with E-state index in [9.17, 15) is 86.3 Å². The van der Waals surface area contributed by atoms with Crippen molar-refractivity contribution in [3.63, 3.8) is 0 Å². The number of carbonyl (C=O) groups excluding carboxylic acids is 18. The number of amides is 15. The largest absolute Gasteiger partial charge is 0.496 e. The number of nitrogens with one attached hydrogen (secondary N) is 10. The van der Waals surface area contributed by atoms with Gasteiger partial charge in [0.15, 0.2) is 17.3 Å². The Morgan fingerprint density at radius 3 is 1.18 bits per heavy atom. The van der Waals surface area contributed by atoms with Crippen molar-refractivity contribution in [3.8, 4) is 5.75 Å². The summed E-state index contributed by atoms with van der Waals surface area (Å²) in [4.78, 5) is 242. The highest BCUT2D eigenvalue weighted by molar-refractivity contribution is 6.39. The van der Waals surface area contributed by atoms with Crippen LogP contribution in [0.15, 0.2) is 67.3 Å². The van der Waals surface area contributed by atoms with E-state index in [2.05, 4.69) is 73.6 Å². The number of ketones is 6. The van der Waals surface area contributed by atoms with Crippen LogP contribution in [0, 0.1) is 97.6 Å². The second-order valence-corrected chi connectivity index (χ2v) is 44.6. The second-order valence-electron chi connectivity index (χ2n) is 44.6. The minimum Gasteiger partial charge on any atom is -0.496 e. The molecule has 2 aromatic carbocycles. The molecule has 9 fully saturated rings. The van der Waals surface area contributed by atoms with Crippen molar-refractivity contribution in [3.05, 3.63) is 78.4 Å². The van der Waals surface area contributed by atoms with Crippen LogP contribution >= 0.6 is 0 Å². The SMILES string of the molecule is C=CCNC(=O)C(=O)C(CCC)NC(=O)[C@@H]1[C@@H]2[C@H](CN1C(=O)[C@@H](NC(=O)N[C@H](C(=O)c1ccccc1OC)C(C)C)C(C)(C)C)C2(C)C.CC(=O)[C@@H](NC(=O)N[C@H](C(=O)N1C[C@H]2[C@@H]([C@H]1C(=O)NC(CC1CC1)C(=O)C(N)=O)C2(C)C)C(C)(C)C)C1CCCCC1.CC(C)[C@H](NC(=O)N[C@H](C(=O)N1C[C@H]2[C@@H]([C@H]1C(=O)NC(CC1CCC1)C(=O)C(N)=O)C2(C)C)C(C)(C)C)C(=O)c1ccccc1. The van der Waals surface area contributed by atoms with Gasteiger partial charge in [0.1, 0.15) is 42.0 Å². The molecule has 34 heteroatoms. The average molecular weight is 1880 g/mol. The van der Waals surface area contributed by atoms with Crippen LogP contribution in [0.25, 0.3) is 0 Å². The summed E-state index contributed by atoms with van der Waals surface area (Å²) in [6.45, 7) is 43.9. The van der Waals surface area contributed by atoms with E-state index >= 15 is 0 Å². The minimum atomic E-state index is -1.10. The Hall–Kier alpha value is -11.0. The number of piperidine rings is 3. The number of fused-ring (bicyclic) bond motifs is 3. The fourth-order valence-electron chi connectivity index (χ4n) is 21.0. The number of Topliss-reactive ketones (excluding diaryl/α,β-unsaturated/α-hetero) is 6. The van der Waals surface area contributed by atoms with Gasteiger partial charge in [0.2, 0.25) is 52.8 Å². The highest BCUT2D eigenvalue weighted by atomic mass is 16.5. The number of para-hydroxylation sites is 1. The summed E-state index contributed by atoms with van der Waals surface area (Å²) in [5.41, 5.74) is 8.59. The second kappa shape index (κ2) is 43.6. The van der Waals surface area contributed by atoms with E-state index < -0.39 is 177 Å². The standard InChI is InChI=1S/C36H53N5O7.C34H49N5O6.C31H49N5O6/c1-11-15-23(29(43)32(45)37-18-12-2)38-31(44)27-25-22(36(25,8)9)19-41(27)33(46)30(35(5,6)7)40-34(47)39-26(20(3)4)28(42)21-16-13-14-17-24(21)48-10;1-18(2)24(26(40)20-14-9-8-10-15-20)37-32(45)38-28(33(3,4)5)31(44)39-17-21-23(34(21,6)7)25(39)30(43)36-22(27(41)29(35)42)16-19-12-11-13-19;1-16(37)22(18-10-8-7-9-11-18)34-29(42)35-25(30(2,3)4)28(41)36-15-19-21(31(19,5)6)23(36)27(40)33-20(14-17-12-13-17)24(38)26(32)39/h12-14,16-17,20,22-23,25-27,30H,2,11,15,18-19H2,1,3-10H3,(H,37,45)(H,38,44)(H2,39,40,47);8-10,14-15,18-19,21-25,28H,11-13,16-17H2,1-7H3,(H2,35,42)(H,36,43)(H2,37,38,45);17-23,25H,7-15H2,1-6H3,(H2,32,39)(H,33,40)(H2,34,35,42)/t22-,23?,25-,26-,27-,30+;21-,22?,23-,24-,25-,28+;19-,20?,21-,22+,23-,25+/m000/s1. The van der Waals surface area contributed by atoms with E-state index in [1.54, 1.807) is 48.5 Å². The van der Waals surface area contributed by atoms with Crippen molar-refractivity contribution in [2.75, 3.05) is 33.3 Å². The molecule has 6 aliphatic carbocycles. The predicted octanol–water partition coefficient (Wildman–Crippen LogP) is 8.14. The van der Waals surface area contributed by atoms with E-state index in [-0.39, 0.29) is 112 Å². The summed E-state index contributed by atoms with van der Waals surface area (Å²) in [6.07, 6.45) is 12.5. The topological polar surface area (TPSA) is 499 Å². The van der Waals surface area contributed by atoms with Crippen LogP contribution in [0.2, 0.25) is 0 Å². The van der Waals surface area contributed by atoms with Gasteiger partial charge in [-0.2, -0.15) is 0 Å². The number of hydrogen-bond donors (Lipinski definition) is 12. The Morgan fingerprint density at radius 1 is 0.467 bits per heavy atom. The molecule has 3 saturated heterocycles. The lowest BCUT2D eigenvalue weighted by atomic mass is 9.80. The van der Waals surface area contributed by atoms with Gasteiger partial charge in [0.25, 0.3) is 17.7 Å². The van der Waals surface area contributed by atoms with Crippen LogP contribution in [0.4, 0.5) is 14.4 Å². The van der Waals surface area contributed by atoms with Gasteiger partial charge in [-0.25, -0.2) is 14.4 Å². The van der Waals surface area contributed by atoms with Crippen LogP contribution in [-0.4, -0.2) is 226 Å². The molecule has 0 spiro atoms. The number of nitrogens with zero attached hydrogens (tertiary/aromatic N) is 3. The first kappa shape index (κ1) is 108. The monoisotopic (exact) mass is 1880 g/mol. The molecule has 3 unspecified atom stereocenters. The highest BCUT2D eigenvalue weighted by Crippen LogP contribution is 2.67. The quantitative estimate of drug-likeness (QED) is 0.0171. The Morgan fingerprint density at radius 2 is 0.837 bits per heavy atom. The maximum atomic E-state index is 14.3. The predicted molar refractivity (Wildman–Crippen MR) is 507 cm³/mol. The lowest BCUT2D eigenvalue weighted by Gasteiger charge is -2.38. The van der Waals surface area contributed by atoms with E-state index in [1.807, 2.05) is 131 Å². The summed E-state index contributed by atoms with van der Waals surface area (Å²) in [6, 6.07) is 2.39. The van der Waals surface area contributed by atoms with Gasteiger partial charge in [0, 0.05) is 31.7 Å². The zero-order valence-electron chi connectivity index (χ0n) is 83.2. The van der Waals surface area contributed by atoms with Gasteiger partial charge < -0.3 is 84.1 Å². The molecule has 0 aromatic heterocycles. The maximum absolute atomic E-state index is 14.3. The van der Waals surface area contributed by atoms with Gasteiger partial charge in [-0.3, -0.25) is 71.9 Å². The third kappa shape index (κ3) is 25.5. The number of primary amides is 2. The zero-order chi connectivity index (χ0) is 101. The number of nitrogens with two attached hydrogens (primary N) is 2. The number of ether oxygens (including phenoxy) is 1. The smallest absolute Gasteiger partial charge is 0.316 e. The molecule has 18 atom stereocenters. The number of hydrogen-bond acceptors (Lipinski definition) is 19. The molecule has 744 valence electrons. The van der Waals surface area contributed by atoms with Crippen molar-refractivity contribution in [1.82, 2.24) is 67.9 Å². The fraction of sp³-hybridized carbons (Fsp3) is 0.683. The summed E-state index contributed by atoms with van der Waals surface area (Å²) in [5.74, 6) is -8.64. The Balaban J connectivity index is 0.000000228. The highest BCUT2D eigenvalue weighted by Gasteiger charge is 2.73. The molecule has 14 N–H and O–H groups in total. The first-order valence-electron chi connectivity index (χ1n) is 48.3. The summed E-state index contributed by atoms with van der Waals surface area (Å²) in [5, 5.41) is 27.6. The van der Waals surface area contributed by atoms with Gasteiger partial charge in [-0.1, -0.05) is 245 Å². The first-order valence-corrected chi connectivity index (χ1v) is 48.3. The Labute approximate surface area is 795 Å². The fourth-order valence-corrected chi connectivity index (χ4v) is 21.0. The third-order valence-corrected chi connectivity index (χ3v) is 29.8. The number of benzene rings is 2. The van der Waals surface area contributed by atoms with E-state index in [0.717, 1.165) is 64.2 Å². The van der Waals surface area contributed by atoms with E-state index in [0.29, 0.717) is 55.8 Å². The van der Waals surface area contributed by atoms with Crippen molar-refractivity contribution < 1.29 is 91.0 Å². The normalized spacial score (nSPS) is 24.0. The van der Waals surface area contributed by atoms with Crippen molar-refractivity contribution in [2.45, 2.75) is 308 Å². The number of methoxy groups -OCH3 is 1. The molecule has 9 aliphatic rings. The number of rotatable bonds is 38. The van der Waals surface area contributed by atoms with Crippen LogP contribution < -0.4 is 69.4 Å². The first-order chi connectivity index (χ1) is 62.9. The molecule has 11 rings (SSSR count). The third-order valence-electron chi connectivity index (χ3n) is 29.8. The van der Waals surface area contributed by atoms with Crippen LogP contribution in [0.1, 0.15) is 256 Å². The Kier molecular flexibility index (Phi) is 34.8. The molecular formula is C101H151N15O19. The Bertz CT molecular complexity index is 4800. The maximum Gasteiger partial charge on any atom is 0.316 e. The minimum absolute atomic E-state index is 0.0478. The molecule has 3 aliphatic heterocycles. The number of urea groups is 3. The summed E-state index contributed by atoms with van der Waals surface area (Å²) < 4.78 is 5.36. The molecule has 2 aromatic rings. The molecule has 0 radical (unpaired) electrons. The lowest BCUT2D eigenvalue weighted by Crippen LogP contribution is -2.62. The van der Waals surface area contributed by atoms with Gasteiger partial charge in [-0.05, 0) is 149 Å². The molecule has 0 bridgehead atoms. The van der Waals surface area contributed by atoms with Crippen LogP contribution in [0.3, 0.4) is 0 Å². The average Bonchev–Trinajstić information content (AvgIpc) is 1.53. The van der Waals surface area contributed by atoms with Crippen LogP contribution in [-0.2, 0) is 62.3 Å².